The molecule has 3 rings (SSSR count). The summed E-state index contributed by atoms with van der Waals surface area (Å²) < 4.78 is 5.64. The van der Waals surface area contributed by atoms with E-state index in [0.717, 1.165) is 25.8 Å². The van der Waals surface area contributed by atoms with E-state index in [1.807, 2.05) is 0 Å². The fourth-order valence-electron chi connectivity index (χ4n) is 3.73. The highest BCUT2D eigenvalue weighted by atomic mass is 16.5. The van der Waals surface area contributed by atoms with Gasteiger partial charge in [-0.1, -0.05) is 17.7 Å². The maximum atomic E-state index is 5.64. The number of benzene rings is 1. The molecule has 1 N–H and O–H groups in total. The lowest BCUT2D eigenvalue weighted by Gasteiger charge is -2.38. The largest absolute Gasteiger partial charge is 0.381 e. The number of hydrogen-bond acceptors (Lipinski definition) is 2. The lowest BCUT2D eigenvalue weighted by atomic mass is 9.73. The van der Waals surface area contributed by atoms with Gasteiger partial charge in [-0.05, 0) is 75.0 Å². The van der Waals surface area contributed by atoms with E-state index in [4.69, 9.17) is 4.74 Å². The molecular weight excluding hydrogens is 258 g/mol. The van der Waals surface area contributed by atoms with Crippen molar-refractivity contribution >= 4 is 0 Å². The number of hydrogen-bond donors (Lipinski definition) is 1. The predicted octanol–water partition coefficient (Wildman–Crippen LogP) is 3.70. The zero-order valence-electron chi connectivity index (χ0n) is 13.8. The molecule has 0 spiro atoms. The van der Waals surface area contributed by atoms with E-state index in [1.54, 1.807) is 5.56 Å². The van der Waals surface area contributed by atoms with Gasteiger partial charge < -0.3 is 10.1 Å². The van der Waals surface area contributed by atoms with Crippen molar-refractivity contribution in [2.24, 2.45) is 5.41 Å². The van der Waals surface area contributed by atoms with Crippen LogP contribution in [0.15, 0.2) is 12.1 Å². The molecule has 0 amide bonds. The van der Waals surface area contributed by atoms with Gasteiger partial charge in [0.25, 0.3) is 0 Å². The normalized spacial score (nSPS) is 21.5. The molecule has 2 heteroatoms. The summed E-state index contributed by atoms with van der Waals surface area (Å²) >= 11 is 0. The van der Waals surface area contributed by atoms with Gasteiger partial charge in [-0.3, -0.25) is 0 Å². The first-order chi connectivity index (χ1) is 10.1. The SMILES string of the molecule is Cc1cc(C)c(CC2(CNC3CC3)CCOCC2)c(C)c1. The zero-order valence-corrected chi connectivity index (χ0v) is 13.8. The van der Waals surface area contributed by atoms with Gasteiger partial charge in [0.1, 0.15) is 0 Å². The van der Waals surface area contributed by atoms with Gasteiger partial charge in [0, 0.05) is 25.8 Å². The van der Waals surface area contributed by atoms with Gasteiger partial charge in [-0.25, -0.2) is 0 Å². The van der Waals surface area contributed by atoms with E-state index in [2.05, 4.69) is 38.2 Å². The first-order valence-corrected chi connectivity index (χ1v) is 8.46. The molecule has 1 aliphatic heterocycles. The lowest BCUT2D eigenvalue weighted by Crippen LogP contribution is -2.41. The minimum Gasteiger partial charge on any atom is -0.381 e. The Kier molecular flexibility index (Phi) is 4.37. The number of nitrogens with one attached hydrogen (secondary N) is 1. The van der Waals surface area contributed by atoms with Crippen molar-refractivity contribution in [3.05, 3.63) is 34.4 Å². The van der Waals surface area contributed by atoms with Crippen LogP contribution in [0.1, 0.15) is 47.9 Å². The third-order valence-electron chi connectivity index (χ3n) is 5.29. The summed E-state index contributed by atoms with van der Waals surface area (Å²) in [6, 6.07) is 5.47. The summed E-state index contributed by atoms with van der Waals surface area (Å²) in [4.78, 5) is 0. The summed E-state index contributed by atoms with van der Waals surface area (Å²) in [7, 11) is 0. The highest BCUT2D eigenvalue weighted by Gasteiger charge is 2.35. The standard InChI is InChI=1S/C19H29NO/c1-14-10-15(2)18(16(3)11-14)12-19(6-8-21-9-7-19)13-20-17-4-5-17/h10-11,17,20H,4-9,12-13H2,1-3H3. The molecule has 0 aromatic heterocycles. The molecule has 1 aromatic carbocycles. The van der Waals surface area contributed by atoms with Crippen LogP contribution in [0.3, 0.4) is 0 Å². The molecule has 0 unspecified atom stereocenters. The van der Waals surface area contributed by atoms with Crippen molar-refractivity contribution in [3.63, 3.8) is 0 Å². The average molecular weight is 287 g/mol. The minimum absolute atomic E-state index is 0.394. The fraction of sp³-hybridized carbons (Fsp3) is 0.684. The van der Waals surface area contributed by atoms with Crippen molar-refractivity contribution in [2.45, 2.75) is 58.9 Å². The summed E-state index contributed by atoms with van der Waals surface area (Å²) in [5.74, 6) is 0. The van der Waals surface area contributed by atoms with Crippen LogP contribution in [0.5, 0.6) is 0 Å². The van der Waals surface area contributed by atoms with Crippen LogP contribution in [0.2, 0.25) is 0 Å². The molecule has 2 fully saturated rings. The minimum atomic E-state index is 0.394. The second kappa shape index (κ2) is 6.10. The first-order valence-electron chi connectivity index (χ1n) is 8.46. The van der Waals surface area contributed by atoms with E-state index in [9.17, 15) is 0 Å². The van der Waals surface area contributed by atoms with Crippen LogP contribution in [-0.2, 0) is 11.2 Å². The lowest BCUT2D eigenvalue weighted by molar-refractivity contribution is 0.0146. The highest BCUT2D eigenvalue weighted by Crippen LogP contribution is 2.36. The van der Waals surface area contributed by atoms with E-state index in [1.165, 1.54) is 48.8 Å². The summed E-state index contributed by atoms with van der Waals surface area (Å²) in [6.07, 6.45) is 6.33. The Morgan fingerprint density at radius 3 is 2.29 bits per heavy atom. The molecule has 0 atom stereocenters. The van der Waals surface area contributed by atoms with Gasteiger partial charge in [0.15, 0.2) is 0 Å². The molecule has 1 heterocycles. The predicted molar refractivity (Wildman–Crippen MR) is 87.9 cm³/mol. The summed E-state index contributed by atoms with van der Waals surface area (Å²) in [5.41, 5.74) is 6.27. The van der Waals surface area contributed by atoms with Crippen LogP contribution in [0, 0.1) is 26.2 Å². The van der Waals surface area contributed by atoms with Gasteiger partial charge >= 0.3 is 0 Å². The third-order valence-corrected chi connectivity index (χ3v) is 5.29. The first kappa shape index (κ1) is 15.1. The maximum absolute atomic E-state index is 5.64. The van der Waals surface area contributed by atoms with Crippen LogP contribution in [-0.4, -0.2) is 25.8 Å². The van der Waals surface area contributed by atoms with Crippen molar-refractivity contribution in [2.75, 3.05) is 19.8 Å². The van der Waals surface area contributed by atoms with Gasteiger partial charge in [0.05, 0.1) is 0 Å². The van der Waals surface area contributed by atoms with E-state index < -0.39 is 0 Å². The molecule has 0 bridgehead atoms. The zero-order chi connectivity index (χ0) is 14.9. The molecule has 1 aromatic rings. The Balaban J connectivity index is 1.79. The smallest absolute Gasteiger partial charge is 0.0471 e. The van der Waals surface area contributed by atoms with E-state index in [0.29, 0.717) is 5.41 Å². The Bertz CT molecular complexity index is 475. The second-order valence-corrected chi connectivity index (χ2v) is 7.32. The van der Waals surface area contributed by atoms with Crippen molar-refractivity contribution in [3.8, 4) is 0 Å². The molecule has 116 valence electrons. The molecule has 0 radical (unpaired) electrons. The molecular formula is C19H29NO. The molecule has 2 aliphatic rings. The van der Waals surface area contributed by atoms with Crippen LogP contribution in [0.4, 0.5) is 0 Å². The number of rotatable bonds is 5. The summed E-state index contributed by atoms with van der Waals surface area (Å²) in [6.45, 7) is 9.76. The average Bonchev–Trinajstić information content (AvgIpc) is 3.26. The van der Waals surface area contributed by atoms with Crippen LogP contribution in [0.25, 0.3) is 0 Å². The van der Waals surface area contributed by atoms with Crippen LogP contribution < -0.4 is 5.32 Å². The maximum Gasteiger partial charge on any atom is 0.0471 e. The van der Waals surface area contributed by atoms with Crippen molar-refractivity contribution in [1.29, 1.82) is 0 Å². The Hall–Kier alpha value is -0.860. The molecule has 1 saturated heterocycles. The van der Waals surface area contributed by atoms with E-state index in [-0.39, 0.29) is 0 Å². The number of ether oxygens (including phenoxy) is 1. The Morgan fingerprint density at radius 1 is 1.10 bits per heavy atom. The number of aryl methyl sites for hydroxylation is 3. The fourth-order valence-corrected chi connectivity index (χ4v) is 3.73. The van der Waals surface area contributed by atoms with Gasteiger partial charge in [-0.2, -0.15) is 0 Å². The van der Waals surface area contributed by atoms with E-state index >= 15 is 0 Å². The van der Waals surface area contributed by atoms with Crippen LogP contribution >= 0.6 is 0 Å². The molecule has 2 nitrogen and oxygen atoms in total. The molecule has 21 heavy (non-hydrogen) atoms. The van der Waals surface area contributed by atoms with Crippen molar-refractivity contribution in [1.82, 2.24) is 5.32 Å². The Morgan fingerprint density at radius 2 is 1.71 bits per heavy atom. The summed E-state index contributed by atoms with van der Waals surface area (Å²) in [5, 5.41) is 3.78. The van der Waals surface area contributed by atoms with Gasteiger partial charge in [0.2, 0.25) is 0 Å². The monoisotopic (exact) mass is 287 g/mol. The molecule has 1 aliphatic carbocycles. The van der Waals surface area contributed by atoms with Gasteiger partial charge in [-0.15, -0.1) is 0 Å². The quantitative estimate of drug-likeness (QED) is 0.891. The third kappa shape index (κ3) is 3.67. The van der Waals surface area contributed by atoms with Crippen molar-refractivity contribution < 1.29 is 4.74 Å². The highest BCUT2D eigenvalue weighted by molar-refractivity contribution is 5.38. The second-order valence-electron chi connectivity index (χ2n) is 7.32. The molecule has 1 saturated carbocycles. The Labute approximate surface area is 129 Å². The topological polar surface area (TPSA) is 21.3 Å².